The third-order valence-electron chi connectivity index (χ3n) is 13.9. The van der Waals surface area contributed by atoms with E-state index in [-0.39, 0.29) is 63.5 Å². The summed E-state index contributed by atoms with van der Waals surface area (Å²) in [6.45, 7) is 7.75. The molecule has 0 aromatic heterocycles. The molecular formula is C60H96N2O9. The number of carbonyl (C=O) groups excluding carboxylic acids is 5. The van der Waals surface area contributed by atoms with Gasteiger partial charge in [0.05, 0.1) is 12.6 Å². The lowest BCUT2D eigenvalue weighted by molar-refractivity contribution is -0.172. The Labute approximate surface area is 430 Å². The number of nitrogens with one attached hydrogen (secondary N) is 1. The van der Waals surface area contributed by atoms with Crippen molar-refractivity contribution >= 4 is 29.8 Å². The fraction of sp³-hybridized carbons (Fsp3) is 0.717. The highest BCUT2D eigenvalue weighted by Crippen LogP contribution is 2.26. The van der Waals surface area contributed by atoms with Crippen molar-refractivity contribution in [1.29, 1.82) is 0 Å². The topological polar surface area (TPSA) is 138 Å². The number of ether oxygens (including phenoxy) is 4. The van der Waals surface area contributed by atoms with Crippen LogP contribution in [0.2, 0.25) is 0 Å². The zero-order valence-electron chi connectivity index (χ0n) is 44.9. The fourth-order valence-electron chi connectivity index (χ4n) is 9.50. The molecule has 0 saturated heterocycles. The first-order valence-corrected chi connectivity index (χ1v) is 28.5. The Balaban J connectivity index is 1.59. The maximum absolute atomic E-state index is 14.4. The van der Waals surface area contributed by atoms with E-state index in [0.717, 1.165) is 55.2 Å². The number of benzene rings is 2. The van der Waals surface area contributed by atoms with E-state index in [1.165, 1.54) is 120 Å². The lowest BCUT2D eigenvalue weighted by Gasteiger charge is -2.38. The van der Waals surface area contributed by atoms with Crippen molar-refractivity contribution in [3.8, 4) is 0 Å². The predicted molar refractivity (Wildman–Crippen MR) is 285 cm³/mol. The molecule has 1 N–H and O–H groups in total. The van der Waals surface area contributed by atoms with Gasteiger partial charge in [-0.3, -0.25) is 24.5 Å². The number of hydrogen-bond acceptors (Lipinski definition) is 10. The lowest BCUT2D eigenvalue weighted by atomic mass is 9.93. The van der Waals surface area contributed by atoms with Crippen LogP contribution in [0.15, 0.2) is 54.6 Å². The number of hydrogen-bond donors (Lipinski definition) is 1. The third-order valence-corrected chi connectivity index (χ3v) is 13.9. The molecule has 400 valence electrons. The number of amides is 1. The normalized spacial score (nSPS) is 14.2. The molecule has 71 heavy (non-hydrogen) atoms. The van der Waals surface area contributed by atoms with Crippen LogP contribution in [0.4, 0.5) is 0 Å². The Morgan fingerprint density at radius 3 is 1.46 bits per heavy atom. The Morgan fingerprint density at radius 1 is 0.563 bits per heavy atom. The van der Waals surface area contributed by atoms with Crippen molar-refractivity contribution < 1.29 is 42.9 Å². The van der Waals surface area contributed by atoms with Gasteiger partial charge < -0.3 is 23.8 Å². The number of fused-ring (bicyclic) bond motifs is 1. The lowest BCUT2D eigenvalue weighted by Crippen LogP contribution is -2.57. The third kappa shape index (κ3) is 27.4. The number of carbonyl (C=O) groups is 5. The molecule has 0 bridgehead atoms. The molecule has 0 spiro atoms. The van der Waals surface area contributed by atoms with Gasteiger partial charge >= 0.3 is 23.9 Å². The van der Waals surface area contributed by atoms with Gasteiger partial charge in [0.1, 0.15) is 25.3 Å². The standard InChI is InChI=1S/C60H96N2O9/c1-5-8-10-12-14-16-18-20-22-24-26-28-33-41-56(63)69-47-53(48-70-57(64)42-34-29-27-25-23-21-19-17-15-13-11-9-6-2)71-60(67)55-45-51-39-35-36-40-52(51)46-62(55)58(65)49(4)61-54(59(66)68-7-3)44-43-50-37-31-30-32-38-50/h30-32,35-40,49,53-55,61H,5-29,33-34,41-48H2,1-4H3/t49-,54-,55-/m0/s1. The summed E-state index contributed by atoms with van der Waals surface area (Å²) in [5, 5.41) is 3.22. The number of esters is 4. The number of unbranched alkanes of at least 4 members (excludes halogenated alkanes) is 24. The van der Waals surface area contributed by atoms with Gasteiger partial charge in [0.25, 0.3) is 0 Å². The highest BCUT2D eigenvalue weighted by molar-refractivity contribution is 5.89. The summed E-state index contributed by atoms with van der Waals surface area (Å²) in [4.78, 5) is 69.5. The van der Waals surface area contributed by atoms with Gasteiger partial charge in [0.2, 0.25) is 5.91 Å². The van der Waals surface area contributed by atoms with Crippen LogP contribution in [-0.4, -0.2) is 78.7 Å². The Bertz CT molecular complexity index is 1690. The molecular weight excluding hydrogens is 893 g/mol. The van der Waals surface area contributed by atoms with Gasteiger partial charge in [-0.1, -0.05) is 223 Å². The molecule has 0 aliphatic carbocycles. The van der Waals surface area contributed by atoms with E-state index in [1.807, 2.05) is 54.6 Å². The van der Waals surface area contributed by atoms with Crippen molar-refractivity contribution in [1.82, 2.24) is 10.2 Å². The van der Waals surface area contributed by atoms with Gasteiger partial charge in [-0.2, -0.15) is 0 Å². The summed E-state index contributed by atoms with van der Waals surface area (Å²) >= 11 is 0. The maximum atomic E-state index is 14.4. The smallest absolute Gasteiger partial charge is 0.329 e. The van der Waals surface area contributed by atoms with E-state index < -0.39 is 36.2 Å². The van der Waals surface area contributed by atoms with Crippen molar-refractivity contribution in [2.45, 2.75) is 258 Å². The Kier molecular flexibility index (Phi) is 33.8. The molecule has 0 unspecified atom stereocenters. The first-order valence-electron chi connectivity index (χ1n) is 28.5. The predicted octanol–water partition coefficient (Wildman–Crippen LogP) is 13.4. The Hall–Kier alpha value is -4.25. The van der Waals surface area contributed by atoms with E-state index in [1.54, 1.807) is 13.8 Å². The summed E-state index contributed by atoms with van der Waals surface area (Å²) in [6, 6.07) is 14.9. The second-order valence-corrected chi connectivity index (χ2v) is 20.1. The Morgan fingerprint density at radius 2 is 1.00 bits per heavy atom. The molecule has 0 radical (unpaired) electrons. The minimum Gasteiger partial charge on any atom is -0.465 e. The monoisotopic (exact) mass is 989 g/mol. The number of aryl methyl sites for hydroxylation is 1. The second-order valence-electron chi connectivity index (χ2n) is 20.1. The van der Waals surface area contributed by atoms with Crippen LogP contribution < -0.4 is 5.32 Å². The molecule has 3 atom stereocenters. The van der Waals surface area contributed by atoms with E-state index >= 15 is 0 Å². The first-order chi connectivity index (χ1) is 34.7. The molecule has 3 rings (SSSR count). The zero-order chi connectivity index (χ0) is 51.2. The van der Waals surface area contributed by atoms with Crippen LogP contribution >= 0.6 is 0 Å². The SMILES string of the molecule is CCCCCCCCCCCCCCCC(=O)OCC(COC(=O)CCCCCCCCCCCCCCC)OC(=O)[C@@H]1Cc2ccccc2CN1C(=O)[C@H](C)N[C@@H](CCc1ccccc1)C(=O)OCC. The van der Waals surface area contributed by atoms with Crippen molar-refractivity contribution in [2.75, 3.05) is 19.8 Å². The van der Waals surface area contributed by atoms with Crippen LogP contribution in [0, 0.1) is 0 Å². The summed E-state index contributed by atoms with van der Waals surface area (Å²) in [5.41, 5.74) is 2.88. The van der Waals surface area contributed by atoms with Gasteiger partial charge in [0, 0.05) is 25.8 Å². The minimum absolute atomic E-state index is 0.155. The highest BCUT2D eigenvalue weighted by atomic mass is 16.6. The molecule has 11 nitrogen and oxygen atoms in total. The van der Waals surface area contributed by atoms with E-state index in [4.69, 9.17) is 18.9 Å². The van der Waals surface area contributed by atoms with Gasteiger partial charge in [-0.25, -0.2) is 4.79 Å². The molecule has 0 fully saturated rings. The van der Waals surface area contributed by atoms with Gasteiger partial charge in [0.15, 0.2) is 6.10 Å². The van der Waals surface area contributed by atoms with Crippen molar-refractivity contribution in [3.05, 3.63) is 71.3 Å². The summed E-state index contributed by atoms with van der Waals surface area (Å²) in [6.07, 6.45) is 31.9. The molecule has 2 aromatic carbocycles. The highest BCUT2D eigenvalue weighted by Gasteiger charge is 2.39. The second kappa shape index (κ2) is 39.3. The van der Waals surface area contributed by atoms with Crippen LogP contribution in [0.5, 0.6) is 0 Å². The summed E-state index contributed by atoms with van der Waals surface area (Å²) in [7, 11) is 0. The average Bonchev–Trinajstić information content (AvgIpc) is 3.38. The molecule has 2 aromatic rings. The zero-order valence-corrected chi connectivity index (χ0v) is 44.9. The average molecular weight is 989 g/mol. The molecule has 11 heteroatoms. The summed E-state index contributed by atoms with van der Waals surface area (Å²) < 4.78 is 22.8. The quantitative estimate of drug-likeness (QED) is 0.0389. The van der Waals surface area contributed by atoms with Crippen LogP contribution in [0.3, 0.4) is 0 Å². The summed E-state index contributed by atoms with van der Waals surface area (Å²) in [5.74, 6) is -2.28. The molecule has 1 amide bonds. The van der Waals surface area contributed by atoms with E-state index in [9.17, 15) is 24.0 Å². The molecule has 1 heterocycles. The van der Waals surface area contributed by atoms with Crippen molar-refractivity contribution in [2.24, 2.45) is 0 Å². The van der Waals surface area contributed by atoms with Crippen molar-refractivity contribution in [3.63, 3.8) is 0 Å². The maximum Gasteiger partial charge on any atom is 0.329 e. The molecule has 1 aliphatic rings. The van der Waals surface area contributed by atoms with E-state index in [2.05, 4.69) is 19.2 Å². The number of nitrogens with zero attached hydrogens (tertiary/aromatic N) is 1. The van der Waals surface area contributed by atoms with Crippen LogP contribution in [0.25, 0.3) is 0 Å². The first kappa shape index (κ1) is 61.1. The van der Waals surface area contributed by atoms with Gasteiger partial charge in [-0.15, -0.1) is 0 Å². The van der Waals surface area contributed by atoms with Crippen LogP contribution in [-0.2, 0) is 62.3 Å². The molecule has 1 aliphatic heterocycles. The van der Waals surface area contributed by atoms with Gasteiger partial charge in [-0.05, 0) is 56.2 Å². The number of rotatable bonds is 42. The minimum atomic E-state index is -1.07. The largest absolute Gasteiger partial charge is 0.465 e. The van der Waals surface area contributed by atoms with Crippen LogP contribution in [0.1, 0.15) is 231 Å². The van der Waals surface area contributed by atoms with E-state index in [0.29, 0.717) is 25.7 Å². The molecule has 0 saturated carbocycles. The fourth-order valence-corrected chi connectivity index (χ4v) is 9.50.